The first-order valence-corrected chi connectivity index (χ1v) is 11.4. The maximum absolute atomic E-state index is 12.8. The molecule has 12 nitrogen and oxygen atoms in total. The summed E-state index contributed by atoms with van der Waals surface area (Å²) in [5, 5.41) is 15.6. The second-order valence-corrected chi connectivity index (χ2v) is 8.00. The quantitative estimate of drug-likeness (QED) is 0.177. The van der Waals surface area contributed by atoms with Gasteiger partial charge in [0, 0.05) is 36.3 Å². The third-order valence-electron chi connectivity index (χ3n) is 5.64. The summed E-state index contributed by atoms with van der Waals surface area (Å²) in [6, 6.07) is 11.9. The molecule has 2 aromatic heterocycles. The third-order valence-corrected chi connectivity index (χ3v) is 5.64. The Balaban J connectivity index is 1.83. The predicted molar refractivity (Wildman–Crippen MR) is 138 cm³/mol. The molecule has 0 saturated carbocycles. The highest BCUT2D eigenvalue weighted by molar-refractivity contribution is 5.95. The summed E-state index contributed by atoms with van der Waals surface area (Å²) in [6.45, 7) is 0.477. The van der Waals surface area contributed by atoms with Gasteiger partial charge in [-0.05, 0) is 54.4 Å². The highest BCUT2D eigenvalue weighted by Gasteiger charge is 2.24. The highest BCUT2D eigenvalue weighted by atomic mass is 16.5. The van der Waals surface area contributed by atoms with E-state index in [1.54, 1.807) is 51.7 Å². The van der Waals surface area contributed by atoms with Gasteiger partial charge in [0.05, 0.1) is 20.8 Å². The molecule has 192 valence electrons. The smallest absolute Gasteiger partial charge is 0.350 e. The van der Waals surface area contributed by atoms with Gasteiger partial charge in [-0.15, -0.1) is 9.78 Å². The van der Waals surface area contributed by atoms with Crippen molar-refractivity contribution in [2.45, 2.75) is 12.5 Å². The molecule has 4 aromatic rings. The fraction of sp³-hybridized carbons (Fsp3) is 0.240. The number of anilines is 1. The standard InChI is InChI=1S/C25H28N8O4/c1-35-12-9-16-13-17(14-19(36-2)21(16)37-3)20(30-18-7-5-15(6-8-18)22(26)27)23-31-25(34)33(32-23)24-28-10-4-11-29-24/h4-8,10-11,13-14,20,30H,9,12H2,1-3H3,(H3,26,27)(H,31,32,34). The Morgan fingerprint density at radius 3 is 2.49 bits per heavy atom. The lowest BCUT2D eigenvalue weighted by molar-refractivity contribution is 0.201. The number of H-pyrrole nitrogens is 1. The van der Waals surface area contributed by atoms with Gasteiger partial charge in [0.1, 0.15) is 11.9 Å². The Morgan fingerprint density at radius 2 is 1.86 bits per heavy atom. The van der Waals surface area contributed by atoms with Crippen LogP contribution in [0.4, 0.5) is 5.69 Å². The second-order valence-electron chi connectivity index (χ2n) is 8.00. The summed E-state index contributed by atoms with van der Waals surface area (Å²) in [7, 11) is 4.78. The first-order chi connectivity index (χ1) is 17.9. The number of nitrogens with one attached hydrogen (secondary N) is 3. The number of benzene rings is 2. The van der Waals surface area contributed by atoms with Gasteiger partial charge in [-0.2, -0.15) is 0 Å². The molecule has 0 amide bonds. The van der Waals surface area contributed by atoms with Gasteiger partial charge in [0.15, 0.2) is 17.3 Å². The number of nitrogen functional groups attached to an aromatic ring is 1. The summed E-state index contributed by atoms with van der Waals surface area (Å²) in [5.74, 6) is 1.57. The first kappa shape index (κ1) is 25.4. The Morgan fingerprint density at radius 1 is 1.14 bits per heavy atom. The van der Waals surface area contributed by atoms with E-state index in [9.17, 15) is 4.79 Å². The molecule has 37 heavy (non-hydrogen) atoms. The van der Waals surface area contributed by atoms with Crippen LogP contribution in [0.2, 0.25) is 0 Å². The van der Waals surface area contributed by atoms with E-state index in [4.69, 9.17) is 25.4 Å². The van der Waals surface area contributed by atoms with Crippen LogP contribution in [0.5, 0.6) is 11.5 Å². The Kier molecular flexibility index (Phi) is 7.79. The van der Waals surface area contributed by atoms with E-state index in [0.717, 1.165) is 21.5 Å². The van der Waals surface area contributed by atoms with Crippen LogP contribution < -0.4 is 26.2 Å². The molecule has 2 aromatic carbocycles. The average Bonchev–Trinajstić information content (AvgIpc) is 3.31. The lowest BCUT2D eigenvalue weighted by Crippen LogP contribution is -2.18. The van der Waals surface area contributed by atoms with Crippen LogP contribution in [0.15, 0.2) is 59.7 Å². The number of amidine groups is 1. The first-order valence-electron chi connectivity index (χ1n) is 11.4. The zero-order chi connectivity index (χ0) is 26.4. The Bertz CT molecular complexity index is 1420. The van der Waals surface area contributed by atoms with Gasteiger partial charge >= 0.3 is 5.69 Å². The molecule has 2 heterocycles. The van der Waals surface area contributed by atoms with Gasteiger partial charge in [-0.1, -0.05) is 0 Å². The molecule has 0 bridgehead atoms. The van der Waals surface area contributed by atoms with Crippen molar-refractivity contribution in [3.05, 3.63) is 87.9 Å². The summed E-state index contributed by atoms with van der Waals surface area (Å²) in [6.07, 6.45) is 3.64. The molecule has 0 saturated heterocycles. The largest absolute Gasteiger partial charge is 0.493 e. The van der Waals surface area contributed by atoms with Gasteiger partial charge in [0.2, 0.25) is 0 Å². The molecular formula is C25H28N8O4. The van der Waals surface area contributed by atoms with E-state index in [2.05, 4.69) is 25.4 Å². The van der Waals surface area contributed by atoms with Crippen LogP contribution >= 0.6 is 0 Å². The fourth-order valence-corrected chi connectivity index (χ4v) is 3.86. The molecule has 5 N–H and O–H groups in total. The molecular weight excluding hydrogens is 476 g/mol. The zero-order valence-electron chi connectivity index (χ0n) is 20.7. The van der Waals surface area contributed by atoms with E-state index in [1.165, 1.54) is 12.4 Å². The van der Waals surface area contributed by atoms with Gasteiger partial charge in [0.25, 0.3) is 5.95 Å². The van der Waals surface area contributed by atoms with Crippen molar-refractivity contribution in [2.75, 3.05) is 33.3 Å². The Labute approximate surface area is 213 Å². The van der Waals surface area contributed by atoms with Crippen LogP contribution in [-0.2, 0) is 11.2 Å². The van der Waals surface area contributed by atoms with Crippen LogP contribution in [0.1, 0.15) is 28.6 Å². The van der Waals surface area contributed by atoms with Crippen molar-refractivity contribution >= 4 is 11.5 Å². The number of ether oxygens (including phenoxy) is 3. The molecule has 0 radical (unpaired) electrons. The van der Waals surface area contributed by atoms with Crippen molar-refractivity contribution in [3.8, 4) is 17.4 Å². The molecule has 12 heteroatoms. The number of methoxy groups -OCH3 is 3. The van der Waals surface area contributed by atoms with Gasteiger partial charge < -0.3 is 25.3 Å². The molecule has 0 spiro atoms. The lowest BCUT2D eigenvalue weighted by atomic mass is 9.99. The number of hydrogen-bond donors (Lipinski definition) is 4. The van der Waals surface area contributed by atoms with Crippen LogP contribution in [0, 0.1) is 5.41 Å². The van der Waals surface area contributed by atoms with E-state index in [-0.39, 0.29) is 11.8 Å². The summed E-state index contributed by atoms with van der Waals surface area (Å²) < 4.78 is 17.6. The van der Waals surface area contributed by atoms with Crippen molar-refractivity contribution in [1.29, 1.82) is 5.41 Å². The molecule has 4 rings (SSSR count). The lowest BCUT2D eigenvalue weighted by Gasteiger charge is -2.22. The van der Waals surface area contributed by atoms with E-state index >= 15 is 0 Å². The summed E-state index contributed by atoms with van der Waals surface area (Å²) >= 11 is 0. The van der Waals surface area contributed by atoms with E-state index in [0.29, 0.717) is 35.9 Å². The molecule has 0 aliphatic rings. The van der Waals surface area contributed by atoms with Gasteiger partial charge in [-0.3, -0.25) is 10.4 Å². The topological polar surface area (TPSA) is 166 Å². The summed E-state index contributed by atoms with van der Waals surface area (Å²) in [5.41, 5.74) is 8.05. The summed E-state index contributed by atoms with van der Waals surface area (Å²) in [4.78, 5) is 23.9. The number of nitrogens with two attached hydrogens (primary N) is 1. The minimum Gasteiger partial charge on any atom is -0.493 e. The fourth-order valence-electron chi connectivity index (χ4n) is 3.86. The number of aromatic nitrogens is 5. The third kappa shape index (κ3) is 5.59. The maximum Gasteiger partial charge on any atom is 0.350 e. The number of nitrogens with zero attached hydrogens (tertiary/aromatic N) is 4. The van der Waals surface area contributed by atoms with Crippen molar-refractivity contribution < 1.29 is 14.2 Å². The van der Waals surface area contributed by atoms with Crippen molar-refractivity contribution in [3.63, 3.8) is 0 Å². The normalized spacial score (nSPS) is 11.6. The highest BCUT2D eigenvalue weighted by Crippen LogP contribution is 2.37. The maximum atomic E-state index is 12.8. The minimum absolute atomic E-state index is 0.0308. The molecule has 0 aliphatic heterocycles. The molecule has 1 atom stereocenters. The monoisotopic (exact) mass is 504 g/mol. The second kappa shape index (κ2) is 11.4. The number of aromatic amines is 1. The number of hydrogen-bond acceptors (Lipinski definition) is 9. The Hall–Kier alpha value is -4.71. The minimum atomic E-state index is -0.609. The van der Waals surface area contributed by atoms with Crippen LogP contribution in [-0.4, -0.2) is 58.5 Å². The van der Waals surface area contributed by atoms with Crippen molar-refractivity contribution in [2.24, 2.45) is 5.73 Å². The van der Waals surface area contributed by atoms with Gasteiger partial charge in [-0.25, -0.2) is 14.8 Å². The average molecular weight is 505 g/mol. The van der Waals surface area contributed by atoms with E-state index in [1.807, 2.05) is 12.1 Å². The zero-order valence-corrected chi connectivity index (χ0v) is 20.7. The molecule has 0 fully saturated rings. The molecule has 0 aliphatic carbocycles. The molecule has 1 unspecified atom stereocenters. The predicted octanol–water partition coefficient (Wildman–Crippen LogP) is 2.04. The van der Waals surface area contributed by atoms with Crippen LogP contribution in [0.3, 0.4) is 0 Å². The van der Waals surface area contributed by atoms with E-state index < -0.39 is 11.7 Å². The van der Waals surface area contributed by atoms with Crippen molar-refractivity contribution in [1.82, 2.24) is 24.7 Å². The number of rotatable bonds is 11. The van der Waals surface area contributed by atoms with Crippen LogP contribution in [0.25, 0.3) is 5.95 Å². The SMILES string of the molecule is COCCc1cc(C(Nc2ccc(C(=N)N)cc2)c2nn(-c3ncccn3)c(=O)[nH]2)cc(OC)c1OC.